The van der Waals surface area contributed by atoms with Crippen molar-refractivity contribution in [3.8, 4) is 10.6 Å². The zero-order valence-electron chi connectivity index (χ0n) is 14.0. The Kier molecular flexibility index (Phi) is 7.10. The summed E-state index contributed by atoms with van der Waals surface area (Å²) in [7, 11) is 2.13. The van der Waals surface area contributed by atoms with Crippen molar-refractivity contribution in [1.82, 2.24) is 0 Å². The molecule has 0 amide bonds. The van der Waals surface area contributed by atoms with Crippen molar-refractivity contribution >= 4 is 21.6 Å². The van der Waals surface area contributed by atoms with Crippen LogP contribution in [-0.2, 0) is 7.05 Å². The first kappa shape index (κ1) is 17.4. The van der Waals surface area contributed by atoms with Crippen molar-refractivity contribution in [2.45, 2.75) is 34.6 Å². The van der Waals surface area contributed by atoms with Gasteiger partial charge in [-0.3, -0.25) is 0 Å². The molecule has 0 radical (unpaired) electrons. The first-order chi connectivity index (χ1) is 10.3. The molecule has 0 spiro atoms. The SMILES string of the molecule is CC.CC.Cc1ccc(-c2sc3ccccc3[n+]2C)cc1. The van der Waals surface area contributed by atoms with Gasteiger partial charge in [0.15, 0.2) is 0 Å². The van der Waals surface area contributed by atoms with Gasteiger partial charge in [0.05, 0.1) is 5.56 Å². The zero-order chi connectivity index (χ0) is 15.8. The molecule has 0 aliphatic rings. The van der Waals surface area contributed by atoms with E-state index in [0.717, 1.165) is 0 Å². The van der Waals surface area contributed by atoms with E-state index >= 15 is 0 Å². The highest BCUT2D eigenvalue weighted by molar-refractivity contribution is 7.21. The maximum absolute atomic E-state index is 2.27. The van der Waals surface area contributed by atoms with Gasteiger partial charge < -0.3 is 0 Å². The molecule has 1 aromatic heterocycles. The second-order valence-corrected chi connectivity index (χ2v) is 5.33. The molecule has 1 heterocycles. The largest absolute Gasteiger partial charge is 0.269 e. The summed E-state index contributed by atoms with van der Waals surface area (Å²) >= 11 is 1.85. The maximum Gasteiger partial charge on any atom is 0.269 e. The second kappa shape index (κ2) is 8.58. The van der Waals surface area contributed by atoms with Gasteiger partial charge in [-0.2, -0.15) is 4.57 Å². The van der Waals surface area contributed by atoms with Crippen molar-refractivity contribution in [1.29, 1.82) is 0 Å². The van der Waals surface area contributed by atoms with Crippen molar-refractivity contribution in [2.24, 2.45) is 7.05 Å². The Balaban J connectivity index is 0.000000510. The Morgan fingerprint density at radius 1 is 0.810 bits per heavy atom. The van der Waals surface area contributed by atoms with E-state index in [9.17, 15) is 0 Å². The molecule has 0 saturated carbocycles. The van der Waals surface area contributed by atoms with E-state index in [2.05, 4.69) is 67.1 Å². The zero-order valence-corrected chi connectivity index (χ0v) is 14.8. The number of rotatable bonds is 1. The molecule has 0 fully saturated rings. The van der Waals surface area contributed by atoms with E-state index in [4.69, 9.17) is 0 Å². The van der Waals surface area contributed by atoms with E-state index in [1.165, 1.54) is 26.4 Å². The lowest BCUT2D eigenvalue weighted by molar-refractivity contribution is -0.629. The Morgan fingerprint density at radius 3 is 1.95 bits per heavy atom. The minimum atomic E-state index is 1.29. The van der Waals surface area contributed by atoms with Crippen molar-refractivity contribution in [2.75, 3.05) is 0 Å². The molecule has 112 valence electrons. The van der Waals surface area contributed by atoms with Crippen LogP contribution in [0.3, 0.4) is 0 Å². The number of thiazole rings is 1. The smallest absolute Gasteiger partial charge is 0.184 e. The molecule has 0 aliphatic heterocycles. The molecule has 3 rings (SSSR count). The van der Waals surface area contributed by atoms with Crippen LogP contribution in [0.5, 0.6) is 0 Å². The van der Waals surface area contributed by atoms with E-state index in [1.807, 2.05) is 39.0 Å². The van der Waals surface area contributed by atoms with E-state index < -0.39 is 0 Å². The number of para-hydroxylation sites is 1. The fourth-order valence-electron chi connectivity index (χ4n) is 2.05. The Hall–Kier alpha value is -1.67. The molecule has 1 nitrogen and oxygen atoms in total. The van der Waals surface area contributed by atoms with E-state index in [1.54, 1.807) is 0 Å². The van der Waals surface area contributed by atoms with Gasteiger partial charge in [0.25, 0.3) is 5.01 Å². The van der Waals surface area contributed by atoms with Gasteiger partial charge in [0.1, 0.15) is 11.7 Å². The van der Waals surface area contributed by atoms with Crippen molar-refractivity contribution < 1.29 is 4.57 Å². The predicted molar refractivity (Wildman–Crippen MR) is 95.9 cm³/mol. The summed E-state index contributed by atoms with van der Waals surface area (Å²) in [4.78, 5) is 0. The van der Waals surface area contributed by atoms with Gasteiger partial charge >= 0.3 is 0 Å². The van der Waals surface area contributed by atoms with E-state index in [-0.39, 0.29) is 0 Å². The predicted octanol–water partition coefficient (Wildman–Crippen LogP) is 5.75. The summed E-state index contributed by atoms with van der Waals surface area (Å²) < 4.78 is 3.61. The fraction of sp³-hybridized carbons (Fsp3) is 0.316. The van der Waals surface area contributed by atoms with Gasteiger partial charge in [0, 0.05) is 6.07 Å². The molecular formula is C19H26NS+. The first-order valence-electron chi connectivity index (χ1n) is 7.70. The number of benzene rings is 2. The van der Waals surface area contributed by atoms with Gasteiger partial charge in [-0.25, -0.2) is 0 Å². The second-order valence-electron chi connectivity index (χ2n) is 4.30. The summed E-state index contributed by atoms with van der Waals surface area (Å²) in [5.41, 5.74) is 3.89. The van der Waals surface area contributed by atoms with Crippen LogP contribution < -0.4 is 4.57 Å². The average Bonchev–Trinajstić information content (AvgIpc) is 2.90. The number of hydrogen-bond acceptors (Lipinski definition) is 1. The van der Waals surface area contributed by atoms with Crippen LogP contribution in [0.4, 0.5) is 0 Å². The molecule has 0 bridgehead atoms. The quantitative estimate of drug-likeness (QED) is 0.503. The van der Waals surface area contributed by atoms with Crippen LogP contribution >= 0.6 is 11.3 Å². The van der Waals surface area contributed by atoms with Crippen LogP contribution in [0.2, 0.25) is 0 Å². The summed E-state index contributed by atoms with van der Waals surface area (Å²) in [5.74, 6) is 0. The van der Waals surface area contributed by atoms with Crippen LogP contribution in [0.1, 0.15) is 33.3 Å². The molecule has 2 aromatic carbocycles. The van der Waals surface area contributed by atoms with Crippen LogP contribution in [-0.4, -0.2) is 0 Å². The summed E-state index contributed by atoms with van der Waals surface area (Å²) in [6.45, 7) is 10.1. The third-order valence-corrected chi connectivity index (χ3v) is 4.30. The lowest BCUT2D eigenvalue weighted by atomic mass is 10.1. The van der Waals surface area contributed by atoms with Crippen LogP contribution in [0, 0.1) is 6.92 Å². The molecule has 21 heavy (non-hydrogen) atoms. The summed E-state index contributed by atoms with van der Waals surface area (Å²) in [5, 5.41) is 1.31. The molecule has 3 aromatic rings. The van der Waals surface area contributed by atoms with Crippen LogP contribution in [0.25, 0.3) is 20.8 Å². The topological polar surface area (TPSA) is 3.88 Å². The van der Waals surface area contributed by atoms with Gasteiger partial charge in [0.2, 0.25) is 5.52 Å². The van der Waals surface area contributed by atoms with Gasteiger partial charge in [-0.15, -0.1) is 0 Å². The lowest BCUT2D eigenvalue weighted by Crippen LogP contribution is -2.28. The minimum absolute atomic E-state index is 1.29. The molecule has 0 aliphatic carbocycles. The normalized spacial score (nSPS) is 9.43. The Morgan fingerprint density at radius 2 is 1.38 bits per heavy atom. The monoisotopic (exact) mass is 300 g/mol. The number of aromatic nitrogens is 1. The van der Waals surface area contributed by atoms with E-state index in [0.29, 0.717) is 0 Å². The lowest BCUT2D eigenvalue weighted by Gasteiger charge is -1.95. The molecular weight excluding hydrogens is 274 g/mol. The minimum Gasteiger partial charge on any atom is -0.184 e. The highest BCUT2D eigenvalue weighted by Crippen LogP contribution is 2.27. The highest BCUT2D eigenvalue weighted by atomic mass is 32.1. The molecule has 0 unspecified atom stereocenters. The third-order valence-electron chi connectivity index (χ3n) is 3.04. The number of fused-ring (bicyclic) bond motifs is 1. The Bertz CT molecular complexity index is 666. The van der Waals surface area contributed by atoms with Crippen molar-refractivity contribution in [3.05, 3.63) is 54.1 Å². The number of nitrogens with zero attached hydrogens (tertiary/aromatic N) is 1. The summed E-state index contributed by atoms with van der Waals surface area (Å²) in [6, 6.07) is 17.3. The van der Waals surface area contributed by atoms with Crippen LogP contribution in [0.15, 0.2) is 48.5 Å². The molecule has 0 atom stereocenters. The average molecular weight is 300 g/mol. The van der Waals surface area contributed by atoms with Gasteiger partial charge in [-0.1, -0.05) is 68.9 Å². The Labute approximate surface area is 132 Å². The molecule has 0 saturated heterocycles. The third kappa shape index (κ3) is 3.92. The highest BCUT2D eigenvalue weighted by Gasteiger charge is 2.17. The standard InChI is InChI=1S/C15H14NS.2C2H6/c1-11-7-9-12(10-8-11)15-16(2)13-5-3-4-6-14(13)17-15;2*1-2/h3-10H,1-2H3;2*1-2H3/q+1;;. The maximum atomic E-state index is 2.27. The molecule has 2 heteroatoms. The van der Waals surface area contributed by atoms with Crippen molar-refractivity contribution in [3.63, 3.8) is 0 Å². The number of hydrogen-bond donors (Lipinski definition) is 0. The molecule has 0 N–H and O–H groups in total. The first-order valence-corrected chi connectivity index (χ1v) is 8.52. The van der Waals surface area contributed by atoms with Gasteiger partial charge in [-0.05, 0) is 25.1 Å². The number of aryl methyl sites for hydroxylation is 2. The fourth-order valence-corrected chi connectivity index (χ4v) is 3.20. The summed E-state index contributed by atoms with van der Waals surface area (Å²) in [6.07, 6.45) is 0.